The van der Waals surface area contributed by atoms with E-state index in [-0.39, 0.29) is 17.1 Å². The highest BCUT2D eigenvalue weighted by atomic mass is 19.1. The van der Waals surface area contributed by atoms with Gasteiger partial charge in [-0.2, -0.15) is 0 Å². The molecular weight excluding hydrogens is 328 g/mol. The van der Waals surface area contributed by atoms with Crippen LogP contribution in [0, 0.1) is 11.6 Å². The highest BCUT2D eigenvalue weighted by Crippen LogP contribution is 2.32. The van der Waals surface area contributed by atoms with Gasteiger partial charge in [0.05, 0.1) is 0 Å². The van der Waals surface area contributed by atoms with Crippen LogP contribution in [0.1, 0.15) is 24.2 Å². The number of hydrogen-bond acceptors (Lipinski definition) is 5. The van der Waals surface area contributed by atoms with Crippen LogP contribution in [0.5, 0.6) is 0 Å². The number of nitrogens with zero attached hydrogens (tertiary/aromatic N) is 2. The first-order chi connectivity index (χ1) is 12.0. The average Bonchev–Trinajstić information content (AvgIpc) is 2.61. The van der Waals surface area contributed by atoms with Gasteiger partial charge in [-0.1, -0.05) is 12.1 Å². The molecule has 7 heteroatoms. The van der Waals surface area contributed by atoms with Gasteiger partial charge in [0.25, 0.3) is 0 Å². The lowest BCUT2D eigenvalue weighted by molar-refractivity contribution is -0.118. The predicted molar refractivity (Wildman–Crippen MR) is 87.8 cm³/mol. The quantitative estimate of drug-likeness (QED) is 0.893. The van der Waals surface area contributed by atoms with Crippen molar-refractivity contribution < 1.29 is 18.7 Å². The minimum atomic E-state index is -0.794. The zero-order chi connectivity index (χ0) is 18.0. The van der Waals surface area contributed by atoms with Crippen LogP contribution >= 0.6 is 0 Å². The van der Waals surface area contributed by atoms with Crippen LogP contribution in [-0.4, -0.2) is 28.3 Å². The lowest BCUT2D eigenvalue weighted by atomic mass is 9.93. The van der Waals surface area contributed by atoms with Gasteiger partial charge in [-0.25, -0.2) is 13.8 Å². The van der Waals surface area contributed by atoms with Crippen molar-refractivity contribution in [2.75, 3.05) is 6.61 Å². The van der Waals surface area contributed by atoms with Crippen molar-refractivity contribution in [3.8, 4) is 0 Å². The number of carbonyl (C=O) groups is 1. The van der Waals surface area contributed by atoms with Crippen molar-refractivity contribution in [1.82, 2.24) is 10.3 Å². The van der Waals surface area contributed by atoms with E-state index < -0.39 is 30.1 Å². The Labute approximate surface area is 142 Å². The number of carbonyl (C=O) groups excluding carboxylic acids is 1. The number of nitrogens with one attached hydrogen (secondary N) is 1. The molecule has 1 unspecified atom stereocenters. The summed E-state index contributed by atoms with van der Waals surface area (Å²) in [7, 11) is 0. The number of halogens is 2. The third-order valence-corrected chi connectivity index (χ3v) is 3.85. The Morgan fingerprint density at radius 1 is 1.24 bits per heavy atom. The van der Waals surface area contributed by atoms with Crippen molar-refractivity contribution in [2.24, 2.45) is 4.99 Å². The van der Waals surface area contributed by atoms with E-state index in [4.69, 9.17) is 0 Å². The normalized spacial score (nSPS) is 17.1. The molecule has 0 saturated carbocycles. The van der Waals surface area contributed by atoms with E-state index in [1.807, 2.05) is 0 Å². The number of hydrogen-bond donors (Lipinski definition) is 2. The first-order valence-electron chi connectivity index (χ1n) is 7.57. The lowest BCUT2D eigenvalue weighted by Crippen LogP contribution is -2.34. The summed E-state index contributed by atoms with van der Waals surface area (Å²) < 4.78 is 27.3. The Morgan fingerprint density at radius 2 is 1.96 bits per heavy atom. The van der Waals surface area contributed by atoms with E-state index in [9.17, 15) is 18.7 Å². The van der Waals surface area contributed by atoms with Crippen LogP contribution in [0.2, 0.25) is 0 Å². The van der Waals surface area contributed by atoms with Crippen molar-refractivity contribution in [1.29, 1.82) is 0 Å². The number of pyridine rings is 1. The number of rotatable bonds is 4. The number of amidine groups is 1. The number of benzene rings is 1. The molecule has 0 amide bonds. The second-order valence-electron chi connectivity index (χ2n) is 5.51. The van der Waals surface area contributed by atoms with Crippen LogP contribution in [0.3, 0.4) is 0 Å². The third-order valence-electron chi connectivity index (χ3n) is 3.85. The van der Waals surface area contributed by atoms with Gasteiger partial charge in [0, 0.05) is 17.5 Å². The molecule has 1 aromatic carbocycles. The van der Waals surface area contributed by atoms with Gasteiger partial charge < -0.3 is 10.4 Å². The maximum absolute atomic E-state index is 14.0. The summed E-state index contributed by atoms with van der Waals surface area (Å²) in [4.78, 5) is 20.5. The Balaban J connectivity index is 2.12. The minimum Gasteiger partial charge on any atom is -0.388 e. The molecule has 2 aromatic rings. The summed E-state index contributed by atoms with van der Waals surface area (Å²) in [6, 6.07) is 7.43. The molecule has 128 valence electrons. The number of ketones is 1. The number of aliphatic hydroxyl groups is 1. The maximum atomic E-state index is 14.0. The van der Waals surface area contributed by atoms with E-state index in [2.05, 4.69) is 15.3 Å². The fraction of sp³-hybridized carbons (Fsp3) is 0.167. The van der Waals surface area contributed by atoms with Gasteiger partial charge in [-0.05, 0) is 36.8 Å². The number of aliphatic imine (C=N–C) groups is 1. The summed E-state index contributed by atoms with van der Waals surface area (Å²) in [6.45, 7) is 0.948. The second-order valence-corrected chi connectivity index (χ2v) is 5.51. The molecule has 2 N–H and O–H groups in total. The first-order valence-corrected chi connectivity index (χ1v) is 7.57. The van der Waals surface area contributed by atoms with Crippen molar-refractivity contribution in [3.63, 3.8) is 0 Å². The van der Waals surface area contributed by atoms with Crippen LogP contribution in [0.4, 0.5) is 8.78 Å². The van der Waals surface area contributed by atoms with Crippen LogP contribution < -0.4 is 5.32 Å². The smallest absolute Gasteiger partial charge is 0.188 e. The number of Topliss-reactive ketones (excluding diaryl/α,β-unsaturated/α-hetero) is 1. The molecule has 5 nitrogen and oxygen atoms in total. The Morgan fingerprint density at radius 3 is 2.60 bits per heavy atom. The number of allylic oxidation sites excluding steroid dienone is 1. The van der Waals surface area contributed by atoms with E-state index >= 15 is 0 Å². The highest BCUT2D eigenvalue weighted by molar-refractivity contribution is 6.04. The first kappa shape index (κ1) is 16.9. The largest absolute Gasteiger partial charge is 0.388 e. The molecule has 0 spiro atoms. The van der Waals surface area contributed by atoms with Gasteiger partial charge in [-0.15, -0.1) is 0 Å². The number of aliphatic hydroxyl groups excluding tert-OH is 1. The molecule has 25 heavy (non-hydrogen) atoms. The molecular formula is C18H15F2N3O2. The average molecular weight is 343 g/mol. The van der Waals surface area contributed by atoms with Crippen molar-refractivity contribution in [3.05, 3.63) is 76.8 Å². The molecule has 0 bridgehead atoms. The standard InChI is InChI=1S/C18H15F2N3O2/c1-10-15(14(25)9-24)16(11-4-6-12(19)7-5-11)23-18(22-10)17-13(20)3-2-8-21-17/h2-8,16,24H,9H2,1H3,(H,22,23). The summed E-state index contributed by atoms with van der Waals surface area (Å²) in [5.74, 6) is -1.33. The van der Waals surface area contributed by atoms with E-state index in [1.165, 1.54) is 42.6 Å². The molecule has 0 fully saturated rings. The molecule has 3 rings (SSSR count). The highest BCUT2D eigenvalue weighted by Gasteiger charge is 2.30. The predicted octanol–water partition coefficient (Wildman–Crippen LogP) is 2.29. The fourth-order valence-corrected chi connectivity index (χ4v) is 2.69. The zero-order valence-corrected chi connectivity index (χ0v) is 13.3. The third kappa shape index (κ3) is 3.32. The van der Waals surface area contributed by atoms with Crippen LogP contribution in [0.25, 0.3) is 0 Å². The molecule has 1 atom stereocenters. The second kappa shape index (κ2) is 6.90. The van der Waals surface area contributed by atoms with Crippen LogP contribution in [0.15, 0.2) is 58.9 Å². The Hall–Kier alpha value is -2.93. The number of aromatic nitrogens is 1. The van der Waals surface area contributed by atoms with Gasteiger partial charge >= 0.3 is 0 Å². The van der Waals surface area contributed by atoms with E-state index in [0.29, 0.717) is 11.3 Å². The monoisotopic (exact) mass is 343 g/mol. The summed E-state index contributed by atoms with van der Waals surface area (Å²) >= 11 is 0. The Kier molecular flexibility index (Phi) is 4.67. The molecule has 2 heterocycles. The summed E-state index contributed by atoms with van der Waals surface area (Å²) in [5, 5.41) is 12.1. The molecule has 1 aromatic heterocycles. The molecule has 1 aliphatic heterocycles. The van der Waals surface area contributed by atoms with Crippen LogP contribution in [-0.2, 0) is 4.79 Å². The van der Waals surface area contributed by atoms with Gasteiger partial charge in [0.2, 0.25) is 0 Å². The molecule has 1 aliphatic rings. The van der Waals surface area contributed by atoms with Crippen molar-refractivity contribution >= 4 is 11.6 Å². The zero-order valence-electron chi connectivity index (χ0n) is 13.3. The fourth-order valence-electron chi connectivity index (χ4n) is 2.69. The lowest BCUT2D eigenvalue weighted by Gasteiger charge is -2.26. The van der Waals surface area contributed by atoms with Gasteiger partial charge in [0.1, 0.15) is 24.2 Å². The molecule has 0 radical (unpaired) electrons. The van der Waals surface area contributed by atoms with E-state index in [1.54, 1.807) is 6.92 Å². The molecule has 0 aliphatic carbocycles. The van der Waals surface area contributed by atoms with E-state index in [0.717, 1.165) is 0 Å². The van der Waals surface area contributed by atoms with Crippen molar-refractivity contribution in [2.45, 2.75) is 13.0 Å². The molecule has 0 saturated heterocycles. The Bertz CT molecular complexity index is 876. The SMILES string of the molecule is CC1=C(C(=O)CO)C(c2ccc(F)cc2)N=C(c2ncccc2F)N1. The minimum absolute atomic E-state index is 0.0180. The van der Waals surface area contributed by atoms with Gasteiger partial charge in [-0.3, -0.25) is 9.79 Å². The summed E-state index contributed by atoms with van der Waals surface area (Å²) in [6.07, 6.45) is 1.43. The maximum Gasteiger partial charge on any atom is 0.188 e. The topological polar surface area (TPSA) is 74.6 Å². The van der Waals surface area contributed by atoms with Gasteiger partial charge in [0.15, 0.2) is 17.4 Å². The summed E-state index contributed by atoms with van der Waals surface area (Å²) in [5.41, 5.74) is 1.25.